The van der Waals surface area contributed by atoms with Crippen LogP contribution in [0.2, 0.25) is 0 Å². The van der Waals surface area contributed by atoms with E-state index in [0.717, 1.165) is 19.4 Å². The number of piperidine rings is 1. The predicted molar refractivity (Wildman–Crippen MR) is 87.8 cm³/mol. The van der Waals surface area contributed by atoms with Gasteiger partial charge in [0.15, 0.2) is 0 Å². The molecule has 2 saturated heterocycles. The zero-order chi connectivity index (χ0) is 18.0. The van der Waals surface area contributed by atoms with E-state index in [2.05, 4.69) is 10.3 Å². The average Bonchev–Trinajstić information content (AvgIpc) is 2.96. The van der Waals surface area contributed by atoms with E-state index in [1.54, 1.807) is 11.8 Å². The van der Waals surface area contributed by atoms with Gasteiger partial charge >= 0.3 is 5.82 Å². The lowest BCUT2D eigenvalue weighted by atomic mass is 10.0. The Morgan fingerprint density at radius 3 is 2.96 bits per heavy atom. The number of rotatable bonds is 4. The van der Waals surface area contributed by atoms with E-state index in [0.29, 0.717) is 32.0 Å². The number of likely N-dealkylation sites (tertiary alicyclic amines) is 1. The molecule has 10 heteroatoms. The summed E-state index contributed by atoms with van der Waals surface area (Å²) < 4.78 is 1.50. The van der Waals surface area contributed by atoms with Gasteiger partial charge in [-0.2, -0.15) is 0 Å². The SMILES string of the molecule is Cc1nc([N+](=O)[O-])cn1CC(=O)N1CCCC(N2CCNCC2=O)C1. The van der Waals surface area contributed by atoms with Crippen molar-refractivity contribution in [1.29, 1.82) is 0 Å². The Kier molecular flexibility index (Phi) is 4.98. The van der Waals surface area contributed by atoms with Crippen LogP contribution >= 0.6 is 0 Å². The first-order valence-corrected chi connectivity index (χ1v) is 8.42. The van der Waals surface area contributed by atoms with E-state index >= 15 is 0 Å². The molecular formula is C15H22N6O4. The quantitative estimate of drug-likeness (QED) is 0.580. The van der Waals surface area contributed by atoms with Gasteiger partial charge in [0.2, 0.25) is 17.6 Å². The van der Waals surface area contributed by atoms with Crippen LogP contribution in [0.5, 0.6) is 0 Å². The lowest BCUT2D eigenvalue weighted by Gasteiger charge is -2.41. The third-order valence-corrected chi connectivity index (χ3v) is 4.77. The van der Waals surface area contributed by atoms with Gasteiger partial charge in [-0.15, -0.1) is 0 Å². The maximum Gasteiger partial charge on any atom is 0.381 e. The first-order chi connectivity index (χ1) is 12.0. The molecular weight excluding hydrogens is 328 g/mol. The Hall–Kier alpha value is -2.49. The van der Waals surface area contributed by atoms with Gasteiger partial charge in [0.05, 0.1) is 6.54 Å². The fraction of sp³-hybridized carbons (Fsp3) is 0.667. The van der Waals surface area contributed by atoms with Crippen LogP contribution in [-0.4, -0.2) is 74.9 Å². The van der Waals surface area contributed by atoms with Gasteiger partial charge in [-0.25, -0.2) is 0 Å². The molecule has 1 unspecified atom stereocenters. The molecule has 1 aromatic rings. The highest BCUT2D eigenvalue weighted by Gasteiger charge is 2.32. The summed E-state index contributed by atoms with van der Waals surface area (Å²) in [5, 5.41) is 13.8. The summed E-state index contributed by atoms with van der Waals surface area (Å²) in [5.74, 6) is 0.147. The number of hydrogen-bond donors (Lipinski definition) is 1. The second kappa shape index (κ2) is 7.18. The highest BCUT2D eigenvalue weighted by molar-refractivity contribution is 5.80. The van der Waals surface area contributed by atoms with E-state index in [-0.39, 0.29) is 30.2 Å². The number of nitro groups is 1. The molecule has 2 aliphatic heterocycles. The molecule has 1 atom stereocenters. The normalized spacial score (nSPS) is 21.5. The van der Waals surface area contributed by atoms with Gasteiger partial charge in [0.25, 0.3) is 0 Å². The highest BCUT2D eigenvalue weighted by Crippen LogP contribution is 2.18. The number of imidazole rings is 1. The number of nitrogens with zero attached hydrogens (tertiary/aromatic N) is 5. The summed E-state index contributed by atoms with van der Waals surface area (Å²) in [6.07, 6.45) is 3.02. The molecule has 0 aliphatic carbocycles. The van der Waals surface area contributed by atoms with Gasteiger partial charge in [-0.05, 0) is 22.7 Å². The Bertz CT molecular complexity index is 688. The minimum Gasteiger partial charge on any atom is -0.358 e. The molecule has 1 N–H and O–H groups in total. The molecule has 2 amide bonds. The molecule has 0 aromatic carbocycles. The van der Waals surface area contributed by atoms with Gasteiger partial charge < -0.3 is 25.2 Å². The molecule has 10 nitrogen and oxygen atoms in total. The standard InChI is InChI=1S/C15H22N6O4/c1-11-17-13(21(24)25)9-19(11)10-15(23)18-5-2-3-12(8-18)20-6-4-16-7-14(20)22/h9,12,16H,2-8,10H2,1H3. The van der Waals surface area contributed by atoms with Crippen LogP contribution in [-0.2, 0) is 16.1 Å². The molecule has 1 aromatic heterocycles. The molecule has 2 fully saturated rings. The zero-order valence-corrected chi connectivity index (χ0v) is 14.2. The molecule has 0 spiro atoms. The van der Waals surface area contributed by atoms with Crippen LogP contribution in [0.3, 0.4) is 0 Å². The fourth-order valence-corrected chi connectivity index (χ4v) is 3.43. The summed E-state index contributed by atoms with van der Waals surface area (Å²) in [5.41, 5.74) is 0. The topological polar surface area (TPSA) is 114 Å². The molecule has 0 bridgehead atoms. The first-order valence-electron chi connectivity index (χ1n) is 8.42. The number of carbonyl (C=O) groups excluding carboxylic acids is 2. The number of carbonyl (C=O) groups is 2. The minimum absolute atomic E-state index is 0.0227. The number of amides is 2. The zero-order valence-electron chi connectivity index (χ0n) is 14.2. The summed E-state index contributed by atoms with van der Waals surface area (Å²) in [6, 6.07) is 0.0468. The van der Waals surface area contributed by atoms with Crippen LogP contribution in [0.1, 0.15) is 18.7 Å². The maximum absolute atomic E-state index is 12.6. The summed E-state index contributed by atoms with van der Waals surface area (Å²) in [7, 11) is 0. The molecule has 0 radical (unpaired) electrons. The van der Waals surface area contributed by atoms with E-state index in [4.69, 9.17) is 0 Å². The Balaban J connectivity index is 1.64. The van der Waals surface area contributed by atoms with Crippen molar-refractivity contribution < 1.29 is 14.5 Å². The third kappa shape index (κ3) is 3.78. The van der Waals surface area contributed by atoms with Crippen molar-refractivity contribution in [1.82, 2.24) is 24.7 Å². The van der Waals surface area contributed by atoms with Gasteiger partial charge in [0.1, 0.15) is 12.7 Å². The van der Waals surface area contributed by atoms with E-state index in [9.17, 15) is 19.7 Å². The van der Waals surface area contributed by atoms with E-state index in [1.165, 1.54) is 10.8 Å². The summed E-state index contributed by atoms with van der Waals surface area (Å²) in [6.45, 7) is 4.61. The van der Waals surface area contributed by atoms with Crippen LogP contribution < -0.4 is 5.32 Å². The molecule has 0 saturated carbocycles. The molecule has 2 aliphatic rings. The van der Waals surface area contributed by atoms with Crippen molar-refractivity contribution in [2.45, 2.75) is 32.4 Å². The Labute approximate surface area is 144 Å². The average molecular weight is 350 g/mol. The van der Waals surface area contributed by atoms with Gasteiger partial charge in [-0.3, -0.25) is 14.2 Å². The second-order valence-electron chi connectivity index (χ2n) is 6.43. The molecule has 3 heterocycles. The predicted octanol–water partition coefficient (Wildman–Crippen LogP) is -0.477. The number of piperazine rings is 1. The number of hydrogen-bond acceptors (Lipinski definition) is 6. The number of aryl methyl sites for hydroxylation is 1. The van der Waals surface area contributed by atoms with Crippen molar-refractivity contribution in [3.8, 4) is 0 Å². The van der Waals surface area contributed by atoms with Crippen molar-refractivity contribution in [2.24, 2.45) is 0 Å². The minimum atomic E-state index is -0.569. The third-order valence-electron chi connectivity index (χ3n) is 4.77. The smallest absolute Gasteiger partial charge is 0.358 e. The van der Waals surface area contributed by atoms with Gasteiger partial charge in [0, 0.05) is 39.1 Å². The van der Waals surface area contributed by atoms with Gasteiger partial charge in [-0.1, -0.05) is 0 Å². The largest absolute Gasteiger partial charge is 0.381 e. The highest BCUT2D eigenvalue weighted by atomic mass is 16.6. The van der Waals surface area contributed by atoms with Crippen LogP contribution in [0.25, 0.3) is 0 Å². The molecule has 25 heavy (non-hydrogen) atoms. The number of aromatic nitrogens is 2. The number of nitrogens with one attached hydrogen (secondary N) is 1. The fourth-order valence-electron chi connectivity index (χ4n) is 3.43. The summed E-state index contributed by atoms with van der Waals surface area (Å²) in [4.78, 5) is 42.3. The van der Waals surface area contributed by atoms with Crippen LogP contribution in [0.4, 0.5) is 5.82 Å². The van der Waals surface area contributed by atoms with Crippen molar-refractivity contribution in [2.75, 3.05) is 32.7 Å². The lowest BCUT2D eigenvalue weighted by Crippen LogP contribution is -2.57. The second-order valence-corrected chi connectivity index (χ2v) is 6.43. The first kappa shape index (κ1) is 17.3. The van der Waals surface area contributed by atoms with E-state index < -0.39 is 4.92 Å². The monoisotopic (exact) mass is 350 g/mol. The van der Waals surface area contributed by atoms with Crippen LogP contribution in [0.15, 0.2) is 6.20 Å². The van der Waals surface area contributed by atoms with Crippen molar-refractivity contribution in [3.05, 3.63) is 22.1 Å². The summed E-state index contributed by atoms with van der Waals surface area (Å²) >= 11 is 0. The van der Waals surface area contributed by atoms with Crippen molar-refractivity contribution >= 4 is 17.6 Å². The maximum atomic E-state index is 12.6. The lowest BCUT2D eigenvalue weighted by molar-refractivity contribution is -0.389. The van der Waals surface area contributed by atoms with E-state index in [1.807, 2.05) is 4.90 Å². The Morgan fingerprint density at radius 1 is 1.48 bits per heavy atom. The molecule has 3 rings (SSSR count). The Morgan fingerprint density at radius 2 is 2.28 bits per heavy atom. The van der Waals surface area contributed by atoms with Crippen LogP contribution in [0, 0.1) is 17.0 Å². The van der Waals surface area contributed by atoms with Crippen molar-refractivity contribution in [3.63, 3.8) is 0 Å². The molecule has 136 valence electrons.